The number of benzene rings is 3. The van der Waals surface area contributed by atoms with E-state index in [0.29, 0.717) is 26.4 Å². The highest BCUT2D eigenvalue weighted by Gasteiger charge is 2.38. The topological polar surface area (TPSA) is 120 Å². The summed E-state index contributed by atoms with van der Waals surface area (Å²) in [6.07, 6.45) is -0.954. The van der Waals surface area contributed by atoms with Gasteiger partial charge >= 0.3 is 12.1 Å². The predicted molar refractivity (Wildman–Crippen MR) is 156 cm³/mol. The van der Waals surface area contributed by atoms with Crippen molar-refractivity contribution in [1.82, 2.24) is 0 Å². The Morgan fingerprint density at radius 2 is 1.26 bits per heavy atom. The van der Waals surface area contributed by atoms with Crippen molar-refractivity contribution in [3.8, 4) is 5.75 Å². The Bertz CT molecular complexity index is 1380. The number of hydrogen-bond donors (Lipinski definition) is 2. The first kappa shape index (κ1) is 35.3. The van der Waals surface area contributed by atoms with Gasteiger partial charge in [0.15, 0.2) is 0 Å². The summed E-state index contributed by atoms with van der Waals surface area (Å²) in [7, 11) is -1.86. The largest absolute Gasteiger partial charge is 0.491 e. The van der Waals surface area contributed by atoms with Gasteiger partial charge in [-0.25, -0.2) is 4.79 Å². The first-order chi connectivity index (χ1) is 20.4. The Balaban J connectivity index is 0.000000821. The number of hydrogen-bond acceptors (Lipinski definition) is 8. The number of alkyl halides is 3. The Kier molecular flexibility index (Phi) is 14.7. The molecule has 43 heavy (non-hydrogen) atoms. The fourth-order valence-electron chi connectivity index (χ4n) is 3.14. The number of anilines is 1. The van der Waals surface area contributed by atoms with Crippen LogP contribution in [0.3, 0.4) is 0 Å². The average Bonchev–Trinajstić information content (AvgIpc) is 2.98. The fraction of sp³-hybridized carbons (Fsp3) is 0.300. The number of ether oxygens (including phenoxy) is 3. The van der Waals surface area contributed by atoms with Gasteiger partial charge in [-0.1, -0.05) is 54.1 Å². The van der Waals surface area contributed by atoms with Crippen molar-refractivity contribution >= 4 is 33.9 Å². The van der Waals surface area contributed by atoms with Gasteiger partial charge in [0.1, 0.15) is 12.4 Å². The van der Waals surface area contributed by atoms with E-state index in [-0.39, 0.29) is 18.1 Å². The summed E-state index contributed by atoms with van der Waals surface area (Å²) >= 11 is 0. The summed E-state index contributed by atoms with van der Waals surface area (Å²) in [6, 6.07) is 22.6. The molecule has 3 rings (SSSR count). The zero-order valence-electron chi connectivity index (χ0n) is 23.7. The molecule has 0 unspecified atom stereocenters. The van der Waals surface area contributed by atoms with E-state index >= 15 is 0 Å². The van der Waals surface area contributed by atoms with Crippen LogP contribution in [0.4, 0.5) is 18.9 Å². The number of aliphatic carboxylic acids is 1. The minimum absolute atomic E-state index is 0.0485. The van der Waals surface area contributed by atoms with Crippen LogP contribution >= 0.6 is 0 Å². The van der Waals surface area contributed by atoms with Gasteiger partial charge in [0.2, 0.25) is 0 Å². The molecule has 2 N–H and O–H groups in total. The van der Waals surface area contributed by atoms with E-state index in [1.54, 1.807) is 12.1 Å². The zero-order valence-corrected chi connectivity index (χ0v) is 24.5. The molecule has 0 saturated carbocycles. The summed E-state index contributed by atoms with van der Waals surface area (Å²) in [5.74, 6) is -1.98. The van der Waals surface area contributed by atoms with E-state index in [2.05, 4.69) is 29.6 Å². The molecule has 0 aliphatic heterocycles. The van der Waals surface area contributed by atoms with E-state index in [4.69, 9.17) is 28.3 Å². The lowest BCUT2D eigenvalue weighted by molar-refractivity contribution is -0.192. The Morgan fingerprint density at radius 1 is 0.791 bits per heavy atom. The standard InChI is InChI=1S/C28H33NO6S.C2HF3O2/c1-23-3-15-28(16-4-23)36(30,31)35-22-20-33-18-17-32-19-21-34-27-13-9-25(10-14-27)6-5-24-7-11-26(29-2)12-8-24;3-2(4,5)1(6)7/h3-16,29H,17-22H2,1-2H3;(H,6,7). The van der Waals surface area contributed by atoms with Crippen LogP contribution < -0.4 is 10.1 Å². The first-order valence-electron chi connectivity index (χ1n) is 13.0. The van der Waals surface area contributed by atoms with Crippen LogP contribution in [0.15, 0.2) is 77.7 Å². The van der Waals surface area contributed by atoms with Crippen molar-refractivity contribution in [2.45, 2.75) is 18.0 Å². The third kappa shape index (κ3) is 14.2. The highest BCUT2D eigenvalue weighted by molar-refractivity contribution is 7.86. The van der Waals surface area contributed by atoms with Gasteiger partial charge < -0.3 is 24.6 Å². The third-order valence-electron chi connectivity index (χ3n) is 5.43. The molecule has 0 fully saturated rings. The van der Waals surface area contributed by atoms with Gasteiger partial charge in [0.05, 0.1) is 37.9 Å². The number of halogens is 3. The normalized spacial score (nSPS) is 11.6. The number of nitrogens with one attached hydrogen (secondary N) is 1. The average molecular weight is 626 g/mol. The minimum Gasteiger partial charge on any atom is -0.491 e. The van der Waals surface area contributed by atoms with Crippen LogP contribution in [0, 0.1) is 6.92 Å². The third-order valence-corrected chi connectivity index (χ3v) is 6.76. The second-order valence-electron chi connectivity index (χ2n) is 8.74. The van der Waals surface area contributed by atoms with Crippen LogP contribution in [0.5, 0.6) is 5.75 Å². The maximum Gasteiger partial charge on any atom is 0.490 e. The molecule has 0 saturated heterocycles. The van der Waals surface area contributed by atoms with Crippen molar-refractivity contribution in [2.75, 3.05) is 52.0 Å². The smallest absolute Gasteiger partial charge is 0.490 e. The molecule has 0 aliphatic carbocycles. The molecular weight excluding hydrogens is 591 g/mol. The molecule has 0 aromatic heterocycles. The zero-order chi connectivity index (χ0) is 31.7. The van der Waals surface area contributed by atoms with E-state index in [9.17, 15) is 21.6 Å². The van der Waals surface area contributed by atoms with Gasteiger partial charge in [-0.15, -0.1) is 0 Å². The molecule has 0 aliphatic rings. The molecule has 3 aromatic carbocycles. The van der Waals surface area contributed by atoms with Crippen molar-refractivity contribution in [2.24, 2.45) is 0 Å². The molecule has 13 heteroatoms. The van der Waals surface area contributed by atoms with Crippen LogP contribution in [-0.4, -0.2) is 72.4 Å². The van der Waals surface area contributed by atoms with Crippen molar-refractivity contribution in [3.05, 3.63) is 89.5 Å². The predicted octanol–water partition coefficient (Wildman–Crippen LogP) is 5.66. The SMILES string of the molecule is CNc1ccc(C=Cc2ccc(OCCOCCOCCOS(=O)(=O)c3ccc(C)cc3)cc2)cc1.O=C(O)C(F)(F)F. The maximum absolute atomic E-state index is 12.1. The lowest BCUT2D eigenvalue weighted by atomic mass is 10.1. The monoisotopic (exact) mass is 625 g/mol. The van der Waals surface area contributed by atoms with Gasteiger partial charge in [-0.2, -0.15) is 21.6 Å². The van der Waals surface area contributed by atoms with Crippen LogP contribution in [0.25, 0.3) is 12.2 Å². The van der Waals surface area contributed by atoms with E-state index in [1.807, 2.05) is 50.4 Å². The number of rotatable bonds is 15. The summed E-state index contributed by atoms with van der Waals surface area (Å²) in [5, 5.41) is 10.2. The van der Waals surface area contributed by atoms with Crippen LogP contribution in [0.2, 0.25) is 0 Å². The second-order valence-corrected chi connectivity index (χ2v) is 10.4. The molecule has 0 radical (unpaired) electrons. The molecule has 9 nitrogen and oxygen atoms in total. The van der Waals surface area contributed by atoms with Crippen molar-refractivity contribution < 1.29 is 49.9 Å². The van der Waals surface area contributed by atoms with Gasteiger partial charge in [-0.3, -0.25) is 4.18 Å². The molecule has 0 atom stereocenters. The molecule has 234 valence electrons. The lowest BCUT2D eigenvalue weighted by Crippen LogP contribution is -2.21. The Hall–Kier alpha value is -3.91. The first-order valence-corrected chi connectivity index (χ1v) is 14.4. The summed E-state index contributed by atoms with van der Waals surface area (Å²) in [5.41, 5.74) is 4.29. The van der Waals surface area contributed by atoms with Gasteiger partial charge in [0.25, 0.3) is 10.1 Å². The molecule has 0 spiro atoms. The van der Waals surface area contributed by atoms with Crippen LogP contribution in [0.1, 0.15) is 16.7 Å². The fourth-order valence-corrected chi connectivity index (χ4v) is 4.04. The second kappa shape index (κ2) is 17.9. The molecule has 0 bridgehead atoms. The summed E-state index contributed by atoms with van der Waals surface area (Å²) in [6.45, 7) is 3.57. The minimum atomic E-state index is -5.08. The van der Waals surface area contributed by atoms with E-state index in [1.165, 1.54) is 12.1 Å². The van der Waals surface area contributed by atoms with E-state index in [0.717, 1.165) is 28.1 Å². The van der Waals surface area contributed by atoms with Crippen molar-refractivity contribution in [3.63, 3.8) is 0 Å². The molecule has 0 heterocycles. The maximum atomic E-state index is 12.1. The molecule has 3 aromatic rings. The number of carboxylic acid groups (broad SMARTS) is 1. The van der Waals surface area contributed by atoms with Crippen LogP contribution in [-0.2, 0) is 28.6 Å². The highest BCUT2D eigenvalue weighted by atomic mass is 32.2. The number of carboxylic acids is 1. The number of aryl methyl sites for hydroxylation is 1. The van der Waals surface area contributed by atoms with Gasteiger partial charge in [-0.05, 0) is 54.4 Å². The quantitative estimate of drug-likeness (QED) is 0.125. The number of carbonyl (C=O) groups is 1. The lowest BCUT2D eigenvalue weighted by Gasteiger charge is -2.09. The van der Waals surface area contributed by atoms with Gasteiger partial charge in [0, 0.05) is 12.7 Å². The van der Waals surface area contributed by atoms with Crippen molar-refractivity contribution in [1.29, 1.82) is 0 Å². The summed E-state index contributed by atoms with van der Waals surface area (Å²) in [4.78, 5) is 9.03. The Morgan fingerprint density at radius 3 is 1.74 bits per heavy atom. The summed E-state index contributed by atoms with van der Waals surface area (Å²) < 4.78 is 77.4. The van der Waals surface area contributed by atoms with E-state index < -0.39 is 22.3 Å². The molecule has 0 amide bonds. The molecular formula is C30H34F3NO8S. The Labute approximate surface area is 249 Å². The highest BCUT2D eigenvalue weighted by Crippen LogP contribution is 2.16.